The van der Waals surface area contributed by atoms with Crippen LogP contribution < -0.4 is 21.7 Å². The van der Waals surface area contributed by atoms with Crippen LogP contribution in [0, 0.1) is 0 Å². The van der Waals surface area contributed by atoms with E-state index in [-0.39, 0.29) is 16.5 Å². The molecule has 0 aliphatic heterocycles. The molecular formula is C16H14F3N3O3S. The fourth-order valence-electron chi connectivity index (χ4n) is 1.98. The van der Waals surface area contributed by atoms with Crippen LogP contribution in [0.3, 0.4) is 0 Å². The van der Waals surface area contributed by atoms with Crippen LogP contribution in [0.4, 0.5) is 13.2 Å². The average Bonchev–Trinajstić information content (AvgIpc) is 2.55. The lowest BCUT2D eigenvalue weighted by Crippen LogP contribution is -2.29. The number of hydrogen-bond donors (Lipinski definition) is 4. The molecule has 0 aliphatic carbocycles. The highest BCUT2D eigenvalue weighted by molar-refractivity contribution is 8.03. The summed E-state index contributed by atoms with van der Waals surface area (Å²) >= 11 is 1.01. The molecule has 0 fully saturated rings. The summed E-state index contributed by atoms with van der Waals surface area (Å²) in [6, 6.07) is 12.3. The van der Waals surface area contributed by atoms with E-state index in [1.807, 2.05) is 5.43 Å². The maximum atomic E-state index is 12.2. The Kier molecular flexibility index (Phi) is 6.01. The number of alkyl halides is 3. The van der Waals surface area contributed by atoms with Crippen molar-refractivity contribution in [3.63, 3.8) is 0 Å². The van der Waals surface area contributed by atoms with E-state index in [4.69, 9.17) is 16.7 Å². The number of halogens is 3. The third-order valence-electron chi connectivity index (χ3n) is 3.11. The van der Waals surface area contributed by atoms with Gasteiger partial charge in [-0.05, 0) is 35.4 Å². The highest BCUT2D eigenvalue weighted by Crippen LogP contribution is 2.29. The molecule has 0 bridgehead atoms. The number of hydrazine groups is 1. The molecule has 0 heterocycles. The van der Waals surface area contributed by atoms with Gasteiger partial charge >= 0.3 is 12.3 Å². The predicted octanol–water partition coefficient (Wildman–Crippen LogP) is 3.02. The van der Waals surface area contributed by atoms with E-state index in [1.165, 1.54) is 24.3 Å². The summed E-state index contributed by atoms with van der Waals surface area (Å²) in [5, 5.41) is 8.92. The van der Waals surface area contributed by atoms with Gasteiger partial charge in [0.1, 0.15) is 10.8 Å². The minimum absolute atomic E-state index is 0.0126. The SMILES string of the molecule is NN/C(C(=O)O)=C(\N)Sc1ccc(-c2ccc(OC(F)(F)F)cc2)cc1. The Morgan fingerprint density at radius 1 is 1.04 bits per heavy atom. The maximum absolute atomic E-state index is 12.2. The number of carboxylic acid groups (broad SMARTS) is 1. The number of carbonyl (C=O) groups is 1. The summed E-state index contributed by atoms with van der Waals surface area (Å²) in [7, 11) is 0. The van der Waals surface area contributed by atoms with Crippen molar-refractivity contribution in [1.82, 2.24) is 5.43 Å². The molecule has 0 saturated heterocycles. The van der Waals surface area contributed by atoms with Crippen LogP contribution in [0.2, 0.25) is 0 Å². The van der Waals surface area contributed by atoms with Crippen molar-refractivity contribution in [3.8, 4) is 16.9 Å². The summed E-state index contributed by atoms with van der Waals surface area (Å²) in [5.74, 6) is 3.53. The van der Waals surface area contributed by atoms with Crippen LogP contribution in [0.15, 0.2) is 64.2 Å². The number of ether oxygens (including phenoxy) is 1. The molecule has 26 heavy (non-hydrogen) atoms. The molecule has 10 heteroatoms. The van der Waals surface area contributed by atoms with E-state index in [0.29, 0.717) is 10.5 Å². The van der Waals surface area contributed by atoms with E-state index >= 15 is 0 Å². The van der Waals surface area contributed by atoms with E-state index < -0.39 is 12.3 Å². The van der Waals surface area contributed by atoms with Crippen molar-refractivity contribution in [2.75, 3.05) is 0 Å². The number of carboxylic acids is 1. The summed E-state index contributed by atoms with van der Waals surface area (Å²) in [6.07, 6.45) is -4.74. The molecule has 0 spiro atoms. The lowest BCUT2D eigenvalue weighted by Gasteiger charge is -2.10. The molecule has 6 nitrogen and oxygen atoms in total. The second-order valence-corrected chi connectivity index (χ2v) is 6.00. The zero-order valence-corrected chi connectivity index (χ0v) is 13.9. The Labute approximate surface area is 150 Å². The van der Waals surface area contributed by atoms with Gasteiger partial charge in [-0.25, -0.2) is 4.79 Å². The summed E-state index contributed by atoms with van der Waals surface area (Å²) in [5.41, 5.74) is 8.84. The summed E-state index contributed by atoms with van der Waals surface area (Å²) in [4.78, 5) is 11.6. The van der Waals surface area contributed by atoms with E-state index in [2.05, 4.69) is 4.74 Å². The number of rotatable bonds is 6. The maximum Gasteiger partial charge on any atom is 0.573 e. The Morgan fingerprint density at radius 3 is 1.96 bits per heavy atom. The monoisotopic (exact) mass is 385 g/mol. The van der Waals surface area contributed by atoms with Gasteiger partial charge in [-0.3, -0.25) is 5.84 Å². The van der Waals surface area contributed by atoms with Crippen LogP contribution in [-0.2, 0) is 4.79 Å². The highest BCUT2D eigenvalue weighted by Gasteiger charge is 2.30. The van der Waals surface area contributed by atoms with Gasteiger partial charge < -0.3 is 21.0 Å². The van der Waals surface area contributed by atoms with Crippen molar-refractivity contribution in [2.45, 2.75) is 11.3 Å². The topological polar surface area (TPSA) is 111 Å². The average molecular weight is 385 g/mol. The third kappa shape index (κ3) is 5.33. The second kappa shape index (κ2) is 8.02. The first-order valence-corrected chi connectivity index (χ1v) is 7.85. The lowest BCUT2D eigenvalue weighted by molar-refractivity contribution is -0.274. The predicted molar refractivity (Wildman–Crippen MR) is 90.6 cm³/mol. The number of benzene rings is 2. The first kappa shape index (κ1) is 19.5. The molecule has 0 aliphatic rings. The quantitative estimate of drug-likeness (QED) is 0.262. The standard InChI is InChI=1S/C16H14F3N3O3S/c17-16(18,19)25-11-5-1-9(2-6-11)10-3-7-12(8-4-10)26-14(20)13(22-21)15(23)24/h1-8,22H,20-21H2,(H,23,24)/b14-13+. The van der Waals surface area contributed by atoms with Crippen molar-refractivity contribution in [3.05, 3.63) is 59.3 Å². The number of aliphatic carboxylic acids is 1. The van der Waals surface area contributed by atoms with Crippen LogP contribution in [0.1, 0.15) is 0 Å². The molecule has 0 unspecified atom stereocenters. The molecule has 6 N–H and O–H groups in total. The zero-order chi connectivity index (χ0) is 19.3. The Bertz CT molecular complexity index is 806. The molecule has 138 valence electrons. The van der Waals surface area contributed by atoms with Gasteiger partial charge in [-0.1, -0.05) is 36.0 Å². The van der Waals surface area contributed by atoms with Gasteiger partial charge in [0.2, 0.25) is 0 Å². The molecule has 0 radical (unpaired) electrons. The number of nitrogens with two attached hydrogens (primary N) is 2. The minimum Gasteiger partial charge on any atom is -0.476 e. The minimum atomic E-state index is -4.74. The van der Waals surface area contributed by atoms with E-state index in [1.54, 1.807) is 24.3 Å². The smallest absolute Gasteiger partial charge is 0.476 e. The highest BCUT2D eigenvalue weighted by atomic mass is 32.2. The van der Waals surface area contributed by atoms with Gasteiger partial charge in [0.25, 0.3) is 0 Å². The van der Waals surface area contributed by atoms with Crippen LogP contribution in [-0.4, -0.2) is 17.4 Å². The summed E-state index contributed by atoms with van der Waals surface area (Å²) < 4.78 is 40.3. The number of nitrogens with one attached hydrogen (secondary N) is 1. The first-order valence-electron chi connectivity index (χ1n) is 7.03. The zero-order valence-electron chi connectivity index (χ0n) is 13.1. The van der Waals surface area contributed by atoms with Crippen molar-refractivity contribution < 1.29 is 27.8 Å². The van der Waals surface area contributed by atoms with Crippen LogP contribution >= 0.6 is 11.8 Å². The molecule has 0 aromatic heterocycles. The van der Waals surface area contributed by atoms with Gasteiger partial charge in [-0.15, -0.1) is 13.2 Å². The largest absolute Gasteiger partial charge is 0.573 e. The van der Waals surface area contributed by atoms with Gasteiger partial charge in [0, 0.05) is 4.90 Å². The Balaban J connectivity index is 2.13. The van der Waals surface area contributed by atoms with Crippen molar-refractivity contribution >= 4 is 17.7 Å². The van der Waals surface area contributed by atoms with Gasteiger partial charge in [0.05, 0.1) is 0 Å². The van der Waals surface area contributed by atoms with Crippen molar-refractivity contribution in [1.29, 1.82) is 0 Å². The molecule has 2 aromatic rings. The molecule has 0 atom stereocenters. The van der Waals surface area contributed by atoms with Crippen LogP contribution in [0.5, 0.6) is 5.75 Å². The molecule has 2 aromatic carbocycles. The normalized spacial score (nSPS) is 12.3. The first-order chi connectivity index (χ1) is 12.2. The summed E-state index contributed by atoms with van der Waals surface area (Å²) in [6.45, 7) is 0. The third-order valence-corrected chi connectivity index (χ3v) is 4.04. The van der Waals surface area contributed by atoms with Crippen LogP contribution in [0.25, 0.3) is 11.1 Å². The fraction of sp³-hybridized carbons (Fsp3) is 0.0625. The number of hydrogen-bond acceptors (Lipinski definition) is 6. The molecule has 2 rings (SSSR count). The number of thioether (sulfide) groups is 1. The lowest BCUT2D eigenvalue weighted by atomic mass is 10.1. The fourth-order valence-corrected chi connectivity index (χ4v) is 2.76. The Morgan fingerprint density at radius 2 is 1.54 bits per heavy atom. The molecular weight excluding hydrogens is 371 g/mol. The van der Waals surface area contributed by atoms with E-state index in [0.717, 1.165) is 17.3 Å². The van der Waals surface area contributed by atoms with E-state index in [9.17, 15) is 18.0 Å². The van der Waals surface area contributed by atoms with Gasteiger partial charge in [-0.2, -0.15) is 0 Å². The van der Waals surface area contributed by atoms with Gasteiger partial charge in [0.15, 0.2) is 5.70 Å². The Hall–Kier alpha value is -2.85. The van der Waals surface area contributed by atoms with Crippen molar-refractivity contribution in [2.24, 2.45) is 11.6 Å². The second-order valence-electron chi connectivity index (χ2n) is 4.89. The molecule has 0 amide bonds. The molecule has 0 saturated carbocycles.